The number of carbonyl (C=O) groups is 3. The molecule has 2 amide bonds. The van der Waals surface area contributed by atoms with Crippen molar-refractivity contribution in [1.82, 2.24) is 9.80 Å². The van der Waals surface area contributed by atoms with E-state index in [9.17, 15) is 14.4 Å². The first-order valence-corrected chi connectivity index (χ1v) is 11.6. The number of carbonyl (C=O) groups excluding carboxylic acids is 3. The van der Waals surface area contributed by atoms with E-state index in [0.717, 1.165) is 44.2 Å². The summed E-state index contributed by atoms with van der Waals surface area (Å²) in [4.78, 5) is 41.7. The maximum absolute atomic E-state index is 13.0. The van der Waals surface area contributed by atoms with Crippen molar-refractivity contribution in [1.29, 1.82) is 0 Å². The second-order valence-corrected chi connectivity index (χ2v) is 9.29. The summed E-state index contributed by atoms with van der Waals surface area (Å²) in [5.74, 6) is 1.01. The number of piperidine rings is 2. The van der Waals surface area contributed by atoms with Crippen molar-refractivity contribution in [3.05, 3.63) is 35.4 Å². The van der Waals surface area contributed by atoms with E-state index in [1.165, 1.54) is 5.56 Å². The SMILES string of the molecule is CCC(=O)N1CCCC(C(=O)N2CCC(C(=O)c3ccc(CC(C)C)cc3)CC2)C1. The topological polar surface area (TPSA) is 57.7 Å². The Morgan fingerprint density at radius 2 is 1.60 bits per heavy atom. The lowest BCUT2D eigenvalue weighted by Crippen LogP contribution is -2.49. The fourth-order valence-electron chi connectivity index (χ4n) is 4.76. The number of rotatable bonds is 6. The van der Waals surface area contributed by atoms with Crippen LogP contribution in [0.3, 0.4) is 0 Å². The molecule has 2 fully saturated rings. The number of amides is 2. The van der Waals surface area contributed by atoms with Crippen LogP contribution in [0.1, 0.15) is 68.8 Å². The maximum Gasteiger partial charge on any atom is 0.227 e. The standard InChI is InChI=1S/C25H36N2O3/c1-4-23(28)27-13-5-6-22(17-27)25(30)26-14-11-21(12-15-26)24(29)20-9-7-19(8-10-20)16-18(2)3/h7-10,18,21-22H,4-6,11-17H2,1-3H3. The van der Waals surface area contributed by atoms with Gasteiger partial charge in [0.25, 0.3) is 0 Å². The van der Waals surface area contributed by atoms with Gasteiger partial charge >= 0.3 is 0 Å². The van der Waals surface area contributed by atoms with Crippen LogP contribution >= 0.6 is 0 Å². The molecular weight excluding hydrogens is 376 g/mol. The fraction of sp³-hybridized carbons (Fsp3) is 0.640. The number of ketones is 1. The molecule has 0 bridgehead atoms. The highest BCUT2D eigenvalue weighted by Gasteiger charge is 2.34. The summed E-state index contributed by atoms with van der Waals surface area (Å²) in [6, 6.07) is 8.05. The first-order valence-electron chi connectivity index (χ1n) is 11.6. The van der Waals surface area contributed by atoms with E-state index in [-0.39, 0.29) is 29.4 Å². The summed E-state index contributed by atoms with van der Waals surface area (Å²) in [7, 11) is 0. The van der Waals surface area contributed by atoms with Crippen LogP contribution in [-0.4, -0.2) is 53.6 Å². The van der Waals surface area contributed by atoms with E-state index in [4.69, 9.17) is 0 Å². The minimum Gasteiger partial charge on any atom is -0.342 e. The van der Waals surface area contributed by atoms with Crippen LogP contribution in [0.25, 0.3) is 0 Å². The number of benzene rings is 1. The number of nitrogens with zero attached hydrogens (tertiary/aromatic N) is 2. The van der Waals surface area contributed by atoms with Crippen LogP contribution in [0, 0.1) is 17.8 Å². The predicted molar refractivity (Wildman–Crippen MR) is 118 cm³/mol. The summed E-state index contributed by atoms with van der Waals surface area (Å²) in [5.41, 5.74) is 2.05. The summed E-state index contributed by atoms with van der Waals surface area (Å²) in [6.45, 7) is 8.85. The van der Waals surface area contributed by atoms with Crippen LogP contribution in [-0.2, 0) is 16.0 Å². The highest BCUT2D eigenvalue weighted by Crippen LogP contribution is 2.26. The summed E-state index contributed by atoms with van der Waals surface area (Å²) >= 11 is 0. The van der Waals surface area contributed by atoms with Gasteiger partial charge in [-0.3, -0.25) is 14.4 Å². The molecule has 1 aromatic carbocycles. The second-order valence-electron chi connectivity index (χ2n) is 9.29. The fourth-order valence-corrected chi connectivity index (χ4v) is 4.76. The van der Waals surface area contributed by atoms with Gasteiger partial charge in [0.2, 0.25) is 11.8 Å². The molecule has 2 heterocycles. The number of hydrogen-bond donors (Lipinski definition) is 0. The van der Waals surface area contributed by atoms with E-state index in [0.29, 0.717) is 32.0 Å². The Morgan fingerprint density at radius 1 is 0.933 bits per heavy atom. The molecule has 0 spiro atoms. The molecular formula is C25H36N2O3. The predicted octanol–water partition coefficient (Wildman–Crippen LogP) is 3.96. The third kappa shape index (κ3) is 5.50. The molecule has 0 N–H and O–H groups in total. The Hall–Kier alpha value is -2.17. The van der Waals surface area contributed by atoms with E-state index >= 15 is 0 Å². The van der Waals surface area contributed by atoms with Gasteiger partial charge in [0, 0.05) is 44.1 Å². The normalized spacial score (nSPS) is 20.5. The average Bonchev–Trinajstić information content (AvgIpc) is 2.78. The summed E-state index contributed by atoms with van der Waals surface area (Å²) in [5, 5.41) is 0. The largest absolute Gasteiger partial charge is 0.342 e. The van der Waals surface area contributed by atoms with Crippen molar-refractivity contribution in [3.8, 4) is 0 Å². The quantitative estimate of drug-likeness (QED) is 0.665. The van der Waals surface area contributed by atoms with Crippen molar-refractivity contribution < 1.29 is 14.4 Å². The van der Waals surface area contributed by atoms with Crippen molar-refractivity contribution in [3.63, 3.8) is 0 Å². The summed E-state index contributed by atoms with van der Waals surface area (Å²) < 4.78 is 0. The molecule has 5 heteroatoms. The van der Waals surface area contributed by atoms with Crippen LogP contribution in [0.2, 0.25) is 0 Å². The lowest BCUT2D eigenvalue weighted by atomic mass is 9.87. The van der Waals surface area contributed by atoms with E-state index < -0.39 is 0 Å². The monoisotopic (exact) mass is 412 g/mol. The molecule has 1 atom stereocenters. The lowest BCUT2D eigenvalue weighted by Gasteiger charge is -2.37. The van der Waals surface area contributed by atoms with Crippen LogP contribution in [0.5, 0.6) is 0 Å². The Balaban J connectivity index is 1.52. The molecule has 2 saturated heterocycles. The molecule has 164 valence electrons. The van der Waals surface area contributed by atoms with Crippen molar-refractivity contribution in [2.45, 2.75) is 59.3 Å². The second kappa shape index (κ2) is 10.2. The molecule has 0 saturated carbocycles. The van der Waals surface area contributed by atoms with Gasteiger partial charge in [-0.2, -0.15) is 0 Å². The van der Waals surface area contributed by atoms with Crippen molar-refractivity contribution >= 4 is 17.6 Å². The minimum absolute atomic E-state index is 0.00507. The smallest absolute Gasteiger partial charge is 0.227 e. The highest BCUT2D eigenvalue weighted by atomic mass is 16.2. The molecule has 0 aliphatic carbocycles. The zero-order valence-corrected chi connectivity index (χ0v) is 18.7. The lowest BCUT2D eigenvalue weighted by molar-refractivity contribution is -0.141. The maximum atomic E-state index is 13.0. The number of hydrogen-bond acceptors (Lipinski definition) is 3. The minimum atomic E-state index is -0.0880. The zero-order chi connectivity index (χ0) is 21.7. The van der Waals surface area contributed by atoms with Crippen molar-refractivity contribution in [2.75, 3.05) is 26.2 Å². The number of Topliss-reactive ketones (excluding diaryl/α,β-unsaturated/α-hetero) is 1. The molecule has 2 aliphatic heterocycles. The zero-order valence-electron chi connectivity index (χ0n) is 18.7. The van der Waals surface area contributed by atoms with Gasteiger partial charge in [-0.25, -0.2) is 0 Å². The molecule has 1 aromatic rings. The van der Waals surface area contributed by atoms with Gasteiger partial charge in [-0.15, -0.1) is 0 Å². The van der Waals surface area contributed by atoms with Gasteiger partial charge in [-0.05, 0) is 43.6 Å². The Kier molecular flexibility index (Phi) is 7.68. The van der Waals surface area contributed by atoms with Crippen LogP contribution in [0.15, 0.2) is 24.3 Å². The Labute approximate surface area is 180 Å². The van der Waals surface area contributed by atoms with Gasteiger partial charge < -0.3 is 9.80 Å². The average molecular weight is 413 g/mol. The molecule has 2 aliphatic rings. The first-order chi connectivity index (χ1) is 14.4. The highest BCUT2D eigenvalue weighted by molar-refractivity contribution is 5.98. The molecule has 0 aromatic heterocycles. The third-order valence-corrected chi connectivity index (χ3v) is 6.49. The third-order valence-electron chi connectivity index (χ3n) is 6.49. The van der Waals surface area contributed by atoms with Gasteiger partial charge in [-0.1, -0.05) is 45.0 Å². The van der Waals surface area contributed by atoms with Crippen LogP contribution < -0.4 is 0 Å². The molecule has 5 nitrogen and oxygen atoms in total. The van der Waals surface area contributed by atoms with Gasteiger partial charge in [0.1, 0.15) is 0 Å². The van der Waals surface area contributed by atoms with E-state index in [1.54, 1.807) is 0 Å². The van der Waals surface area contributed by atoms with E-state index in [2.05, 4.69) is 26.0 Å². The number of likely N-dealkylation sites (tertiary alicyclic amines) is 2. The van der Waals surface area contributed by atoms with Gasteiger partial charge in [0.15, 0.2) is 5.78 Å². The van der Waals surface area contributed by atoms with Gasteiger partial charge in [0.05, 0.1) is 5.92 Å². The Bertz CT molecular complexity index is 748. The molecule has 3 rings (SSSR count). The van der Waals surface area contributed by atoms with Crippen molar-refractivity contribution in [2.24, 2.45) is 17.8 Å². The molecule has 0 radical (unpaired) electrons. The first kappa shape index (κ1) is 22.5. The van der Waals surface area contributed by atoms with E-state index in [1.807, 2.05) is 28.9 Å². The molecule has 1 unspecified atom stereocenters. The molecule has 30 heavy (non-hydrogen) atoms. The Morgan fingerprint density at radius 3 is 2.20 bits per heavy atom. The van der Waals surface area contributed by atoms with Crippen LogP contribution in [0.4, 0.5) is 0 Å². The summed E-state index contributed by atoms with van der Waals surface area (Å²) in [6.07, 6.45) is 4.72.